The van der Waals surface area contributed by atoms with Crippen LogP contribution in [0, 0.1) is 11.8 Å². The minimum atomic E-state index is -4.28. The largest absolute Gasteiger partial charge is 0.488 e. The number of ether oxygens (including phenoxy) is 1. The molecule has 1 aromatic heterocycles. The Morgan fingerprint density at radius 1 is 1.10 bits per heavy atom. The van der Waals surface area contributed by atoms with E-state index in [-0.39, 0.29) is 23.9 Å². The van der Waals surface area contributed by atoms with Crippen molar-refractivity contribution in [2.45, 2.75) is 61.5 Å². The number of benzene rings is 1. The molecule has 2 aliphatic carbocycles. The molecule has 9 heteroatoms. The lowest BCUT2D eigenvalue weighted by atomic mass is 9.91. The van der Waals surface area contributed by atoms with Crippen LogP contribution in [0.5, 0.6) is 5.75 Å². The molecule has 2 atom stereocenters. The number of sulfonamides is 1. The zero-order valence-electron chi connectivity index (χ0n) is 17.6. The maximum atomic E-state index is 15.0. The van der Waals surface area contributed by atoms with Crippen molar-refractivity contribution >= 4 is 15.8 Å². The van der Waals surface area contributed by atoms with Crippen LogP contribution in [0.25, 0.3) is 0 Å². The van der Waals surface area contributed by atoms with E-state index in [1.54, 1.807) is 0 Å². The average Bonchev–Trinajstić information content (AvgIpc) is 3.53. The van der Waals surface area contributed by atoms with Gasteiger partial charge in [0, 0.05) is 12.1 Å². The van der Waals surface area contributed by atoms with E-state index in [0.29, 0.717) is 11.3 Å². The second-order valence-electron chi connectivity index (χ2n) is 8.52. The second kappa shape index (κ2) is 8.70. The highest BCUT2D eigenvalue weighted by Crippen LogP contribution is 2.46. The summed E-state index contributed by atoms with van der Waals surface area (Å²) in [6.07, 6.45) is 5.80. The van der Waals surface area contributed by atoms with Gasteiger partial charge in [0.1, 0.15) is 28.4 Å². The highest BCUT2D eigenvalue weighted by atomic mass is 32.2. The van der Waals surface area contributed by atoms with Crippen LogP contribution in [-0.2, 0) is 10.0 Å². The summed E-state index contributed by atoms with van der Waals surface area (Å²) in [6, 6.07) is 6.51. The number of pyridine rings is 1. The van der Waals surface area contributed by atoms with Gasteiger partial charge in [-0.25, -0.2) is 17.8 Å². The van der Waals surface area contributed by atoms with Crippen LogP contribution in [0.2, 0.25) is 0 Å². The summed E-state index contributed by atoms with van der Waals surface area (Å²) >= 11 is 0. The fourth-order valence-electron chi connectivity index (χ4n) is 4.20. The van der Waals surface area contributed by atoms with Crippen molar-refractivity contribution in [1.82, 2.24) is 9.88 Å². The van der Waals surface area contributed by atoms with Crippen molar-refractivity contribution in [3.63, 3.8) is 0 Å². The fraction of sp³-hybridized carbons (Fsp3) is 0.500. The van der Waals surface area contributed by atoms with Crippen LogP contribution in [0.15, 0.2) is 35.2 Å². The van der Waals surface area contributed by atoms with Crippen LogP contribution < -0.4 is 9.46 Å². The zero-order valence-corrected chi connectivity index (χ0v) is 18.5. The van der Waals surface area contributed by atoms with Gasteiger partial charge in [-0.2, -0.15) is 4.39 Å². The van der Waals surface area contributed by atoms with Gasteiger partial charge in [0.15, 0.2) is 0 Å². The van der Waals surface area contributed by atoms with Crippen LogP contribution in [-0.4, -0.2) is 44.5 Å². The topological polar surface area (TPSA) is 71.5 Å². The van der Waals surface area contributed by atoms with Crippen molar-refractivity contribution < 1.29 is 21.9 Å². The van der Waals surface area contributed by atoms with Crippen molar-refractivity contribution in [3.8, 4) is 5.75 Å². The number of rotatable bonds is 7. The van der Waals surface area contributed by atoms with Crippen molar-refractivity contribution in [1.29, 1.82) is 0 Å². The lowest BCUT2D eigenvalue weighted by molar-refractivity contribution is 0.0612. The molecule has 4 rings (SSSR count). The first-order chi connectivity index (χ1) is 14.7. The predicted molar refractivity (Wildman–Crippen MR) is 114 cm³/mol. The Labute approximate surface area is 181 Å². The minimum Gasteiger partial charge on any atom is -0.488 e. The Morgan fingerprint density at radius 3 is 2.52 bits per heavy atom. The van der Waals surface area contributed by atoms with Gasteiger partial charge < -0.3 is 9.64 Å². The summed E-state index contributed by atoms with van der Waals surface area (Å²) in [4.78, 5) is 5.14. The van der Waals surface area contributed by atoms with Gasteiger partial charge in [0.2, 0.25) is 5.95 Å². The van der Waals surface area contributed by atoms with Crippen LogP contribution >= 0.6 is 0 Å². The molecule has 0 spiro atoms. The second-order valence-corrected chi connectivity index (χ2v) is 10.2. The van der Waals surface area contributed by atoms with Gasteiger partial charge in [-0.15, -0.1) is 0 Å². The Balaban J connectivity index is 1.65. The standard InChI is InChI=1S/C22H27F2N3O3S/c1-27(2)17-6-3-4-7-18(17)30-19-13-16(23)20(12-15(19)14-10-11-14)31(28,29)26-22-9-5-8-21(24)25-22/h5,8-9,12-14,17-18H,3-4,6-7,10-11H2,1-2H3,(H,25,26)/t17-,18-/m0/s1. The number of halogens is 2. The molecule has 0 radical (unpaired) electrons. The molecule has 0 bridgehead atoms. The average molecular weight is 452 g/mol. The summed E-state index contributed by atoms with van der Waals surface area (Å²) in [5.74, 6) is -1.37. The number of aromatic nitrogens is 1. The van der Waals surface area contributed by atoms with E-state index >= 15 is 0 Å². The Morgan fingerprint density at radius 2 is 1.84 bits per heavy atom. The Hall–Kier alpha value is -2.26. The molecule has 2 saturated carbocycles. The molecule has 168 valence electrons. The number of nitrogens with one attached hydrogen (secondary N) is 1. The van der Waals surface area contributed by atoms with E-state index < -0.39 is 26.7 Å². The third-order valence-corrected chi connectivity index (χ3v) is 7.30. The third kappa shape index (κ3) is 4.98. The predicted octanol–water partition coefficient (Wildman–Crippen LogP) is 4.29. The summed E-state index contributed by atoms with van der Waals surface area (Å²) < 4.78 is 62.4. The normalized spacial score (nSPS) is 21.8. The molecule has 1 heterocycles. The lowest BCUT2D eigenvalue weighted by Gasteiger charge is -2.36. The summed E-state index contributed by atoms with van der Waals surface area (Å²) in [5.41, 5.74) is 0.706. The molecule has 2 aromatic rings. The smallest absolute Gasteiger partial charge is 0.265 e. The van der Waals surface area contributed by atoms with Crippen LogP contribution in [0.1, 0.15) is 50.0 Å². The summed E-state index contributed by atoms with van der Waals surface area (Å²) in [5, 5.41) is 0. The number of hydrogen-bond donors (Lipinski definition) is 1. The summed E-state index contributed by atoms with van der Waals surface area (Å²) in [6.45, 7) is 0. The van der Waals surface area contributed by atoms with E-state index in [0.717, 1.165) is 44.6 Å². The highest BCUT2D eigenvalue weighted by Gasteiger charge is 2.34. The number of nitrogens with zero attached hydrogens (tertiary/aromatic N) is 2. The van der Waals surface area contributed by atoms with Gasteiger partial charge in [0.25, 0.3) is 10.0 Å². The maximum absolute atomic E-state index is 15.0. The fourth-order valence-corrected chi connectivity index (χ4v) is 5.30. The van der Waals surface area contributed by atoms with E-state index in [4.69, 9.17) is 4.74 Å². The number of hydrogen-bond acceptors (Lipinski definition) is 5. The SMILES string of the molecule is CN(C)[C@H]1CCCC[C@@H]1Oc1cc(F)c(S(=O)(=O)Nc2cccc(F)n2)cc1C1CC1. The molecular weight excluding hydrogens is 424 g/mol. The number of likely N-dealkylation sites (N-methyl/N-ethyl adjacent to an activating group) is 1. The summed E-state index contributed by atoms with van der Waals surface area (Å²) in [7, 11) is -0.260. The molecule has 6 nitrogen and oxygen atoms in total. The number of anilines is 1. The van der Waals surface area contributed by atoms with Gasteiger partial charge in [-0.1, -0.05) is 12.5 Å². The van der Waals surface area contributed by atoms with E-state index in [9.17, 15) is 17.2 Å². The molecule has 2 fully saturated rings. The van der Waals surface area contributed by atoms with E-state index in [2.05, 4.69) is 14.6 Å². The molecule has 1 aromatic carbocycles. The van der Waals surface area contributed by atoms with Crippen molar-refractivity contribution in [2.75, 3.05) is 18.8 Å². The lowest BCUT2D eigenvalue weighted by Crippen LogP contribution is -2.44. The molecule has 0 amide bonds. The third-order valence-electron chi connectivity index (χ3n) is 5.93. The maximum Gasteiger partial charge on any atom is 0.265 e. The molecule has 0 saturated heterocycles. The van der Waals surface area contributed by atoms with Gasteiger partial charge in [0.05, 0.1) is 0 Å². The van der Waals surface area contributed by atoms with Gasteiger partial charge in [-0.3, -0.25) is 4.72 Å². The Bertz CT molecular complexity index is 1060. The molecule has 2 aliphatic rings. The van der Waals surface area contributed by atoms with Crippen LogP contribution in [0.4, 0.5) is 14.6 Å². The van der Waals surface area contributed by atoms with Crippen LogP contribution in [0.3, 0.4) is 0 Å². The first kappa shape index (κ1) is 22.0. The molecular formula is C22H27F2N3O3S. The molecule has 1 N–H and O–H groups in total. The Kier molecular flexibility index (Phi) is 6.16. The van der Waals surface area contributed by atoms with Gasteiger partial charge in [-0.05, 0) is 75.9 Å². The van der Waals surface area contributed by atoms with E-state index in [1.807, 2.05) is 14.1 Å². The zero-order chi connectivity index (χ0) is 22.2. The van der Waals surface area contributed by atoms with Crippen molar-refractivity contribution in [3.05, 3.63) is 47.7 Å². The van der Waals surface area contributed by atoms with E-state index in [1.165, 1.54) is 24.3 Å². The highest BCUT2D eigenvalue weighted by molar-refractivity contribution is 7.92. The first-order valence-corrected chi connectivity index (χ1v) is 12.0. The minimum absolute atomic E-state index is 0.0715. The monoisotopic (exact) mass is 451 g/mol. The molecule has 0 unspecified atom stereocenters. The molecule has 31 heavy (non-hydrogen) atoms. The van der Waals surface area contributed by atoms with Gasteiger partial charge >= 0.3 is 0 Å². The first-order valence-electron chi connectivity index (χ1n) is 10.6. The van der Waals surface area contributed by atoms with Crippen molar-refractivity contribution in [2.24, 2.45) is 0 Å². The molecule has 0 aliphatic heterocycles. The quantitative estimate of drug-likeness (QED) is 0.636.